The first-order chi connectivity index (χ1) is 13.2. The number of thiophene rings is 1. The standard InChI is InChI=1S/C23H23NO2S/c1-24-21(13-19-11-12-22(27-19)18-5-3-2-4-6-18)20(14-23(24)26)17-9-7-16(15-25)8-10-17/h2-12,20-21,25H,13-15H2,1H3/t20?,21-/m0/s1. The quantitative estimate of drug-likeness (QED) is 0.713. The molecule has 4 heteroatoms. The van der Waals surface area contributed by atoms with Gasteiger partial charge in [-0.25, -0.2) is 0 Å². The number of hydrogen-bond donors (Lipinski definition) is 1. The molecule has 1 saturated heterocycles. The molecule has 1 unspecified atom stereocenters. The van der Waals surface area contributed by atoms with E-state index in [2.05, 4.69) is 48.5 Å². The third kappa shape index (κ3) is 3.68. The smallest absolute Gasteiger partial charge is 0.223 e. The lowest BCUT2D eigenvalue weighted by Gasteiger charge is -2.25. The lowest BCUT2D eigenvalue weighted by Crippen LogP contribution is -2.32. The lowest BCUT2D eigenvalue weighted by atomic mass is 9.89. The van der Waals surface area contributed by atoms with E-state index in [1.165, 1.54) is 20.9 Å². The van der Waals surface area contributed by atoms with Crippen molar-refractivity contribution in [2.45, 2.75) is 31.4 Å². The van der Waals surface area contributed by atoms with Crippen LogP contribution in [0.1, 0.15) is 28.3 Å². The van der Waals surface area contributed by atoms with Crippen LogP contribution in [0.15, 0.2) is 66.7 Å². The molecular weight excluding hydrogens is 354 g/mol. The number of benzene rings is 2. The van der Waals surface area contributed by atoms with Crippen molar-refractivity contribution in [3.63, 3.8) is 0 Å². The zero-order valence-electron chi connectivity index (χ0n) is 15.3. The van der Waals surface area contributed by atoms with Gasteiger partial charge in [0.05, 0.1) is 6.61 Å². The molecule has 2 heterocycles. The highest BCUT2D eigenvalue weighted by molar-refractivity contribution is 7.15. The highest BCUT2D eigenvalue weighted by atomic mass is 32.1. The van der Waals surface area contributed by atoms with Crippen molar-refractivity contribution in [2.75, 3.05) is 7.05 Å². The molecule has 3 aromatic rings. The molecule has 0 aliphatic carbocycles. The summed E-state index contributed by atoms with van der Waals surface area (Å²) in [5, 5.41) is 9.26. The van der Waals surface area contributed by atoms with E-state index in [4.69, 9.17) is 0 Å². The first kappa shape index (κ1) is 18.0. The lowest BCUT2D eigenvalue weighted by molar-refractivity contribution is -0.127. The third-order valence-corrected chi connectivity index (χ3v) is 6.63. The predicted molar refractivity (Wildman–Crippen MR) is 110 cm³/mol. The van der Waals surface area contributed by atoms with Crippen LogP contribution in [0.2, 0.25) is 0 Å². The molecule has 1 amide bonds. The zero-order valence-corrected chi connectivity index (χ0v) is 16.2. The Morgan fingerprint density at radius 1 is 1.04 bits per heavy atom. The minimum Gasteiger partial charge on any atom is -0.392 e. The molecule has 0 radical (unpaired) electrons. The summed E-state index contributed by atoms with van der Waals surface area (Å²) in [4.78, 5) is 16.9. The van der Waals surface area contributed by atoms with E-state index < -0.39 is 0 Å². The van der Waals surface area contributed by atoms with Crippen molar-refractivity contribution in [3.05, 3.63) is 82.7 Å². The number of amides is 1. The van der Waals surface area contributed by atoms with Crippen molar-refractivity contribution in [1.82, 2.24) is 4.90 Å². The minimum absolute atomic E-state index is 0.0463. The first-order valence-electron chi connectivity index (χ1n) is 9.25. The Morgan fingerprint density at radius 2 is 1.78 bits per heavy atom. The Morgan fingerprint density at radius 3 is 2.48 bits per heavy atom. The molecule has 0 bridgehead atoms. The van der Waals surface area contributed by atoms with Crippen molar-refractivity contribution >= 4 is 17.2 Å². The molecule has 2 atom stereocenters. The van der Waals surface area contributed by atoms with Gasteiger partial charge in [0.1, 0.15) is 0 Å². The highest BCUT2D eigenvalue weighted by Crippen LogP contribution is 2.37. The number of aliphatic hydroxyl groups is 1. The number of hydrogen-bond acceptors (Lipinski definition) is 3. The maximum Gasteiger partial charge on any atom is 0.223 e. The molecule has 4 rings (SSSR count). The van der Waals surface area contributed by atoms with Crippen LogP contribution in [0.4, 0.5) is 0 Å². The first-order valence-corrected chi connectivity index (χ1v) is 10.1. The Kier molecular flexibility index (Phi) is 5.10. The van der Waals surface area contributed by atoms with Crippen LogP contribution in [-0.2, 0) is 17.8 Å². The number of nitrogens with zero attached hydrogens (tertiary/aromatic N) is 1. The van der Waals surface area contributed by atoms with E-state index in [-0.39, 0.29) is 24.5 Å². The monoisotopic (exact) mass is 377 g/mol. The van der Waals surface area contributed by atoms with E-state index >= 15 is 0 Å². The number of rotatable bonds is 5. The van der Waals surface area contributed by atoms with Crippen molar-refractivity contribution in [1.29, 1.82) is 0 Å². The van der Waals surface area contributed by atoms with Gasteiger partial charge in [-0.05, 0) is 28.8 Å². The average molecular weight is 378 g/mol. The molecule has 1 aromatic heterocycles. The van der Waals surface area contributed by atoms with Gasteiger partial charge in [0.15, 0.2) is 0 Å². The summed E-state index contributed by atoms with van der Waals surface area (Å²) in [5.74, 6) is 0.397. The number of aliphatic hydroxyl groups excluding tert-OH is 1. The van der Waals surface area contributed by atoms with Crippen molar-refractivity contribution < 1.29 is 9.90 Å². The fraction of sp³-hybridized carbons (Fsp3) is 0.261. The summed E-state index contributed by atoms with van der Waals surface area (Å²) in [6, 6.07) is 23.0. The zero-order chi connectivity index (χ0) is 18.8. The molecule has 1 fully saturated rings. The van der Waals surface area contributed by atoms with Crippen LogP contribution in [-0.4, -0.2) is 29.0 Å². The topological polar surface area (TPSA) is 40.5 Å². The molecule has 1 N–H and O–H groups in total. The molecule has 1 aliphatic rings. The van der Waals surface area contributed by atoms with Crippen molar-refractivity contribution in [2.24, 2.45) is 0 Å². The summed E-state index contributed by atoms with van der Waals surface area (Å²) in [7, 11) is 1.92. The van der Waals surface area contributed by atoms with E-state index in [0.717, 1.165) is 12.0 Å². The minimum atomic E-state index is 0.0463. The van der Waals surface area contributed by atoms with E-state index in [0.29, 0.717) is 6.42 Å². The maximum atomic E-state index is 12.4. The third-order valence-electron chi connectivity index (χ3n) is 5.47. The van der Waals surface area contributed by atoms with Gasteiger partial charge in [-0.3, -0.25) is 4.79 Å². The Bertz CT molecular complexity index is 917. The van der Waals surface area contributed by atoms with Crippen LogP contribution >= 0.6 is 11.3 Å². The summed E-state index contributed by atoms with van der Waals surface area (Å²) in [6.07, 6.45) is 1.42. The fourth-order valence-corrected chi connectivity index (χ4v) is 4.93. The van der Waals surface area contributed by atoms with Crippen LogP contribution in [0.25, 0.3) is 10.4 Å². The number of likely N-dealkylation sites (N-methyl/N-ethyl adjacent to an activating group) is 1. The maximum absolute atomic E-state index is 12.4. The molecule has 0 spiro atoms. The van der Waals surface area contributed by atoms with Gasteiger partial charge < -0.3 is 10.0 Å². The van der Waals surface area contributed by atoms with Gasteiger partial charge in [0.2, 0.25) is 5.91 Å². The molecular formula is C23H23NO2S. The fourth-order valence-electron chi connectivity index (χ4n) is 3.86. The summed E-state index contributed by atoms with van der Waals surface area (Å²) in [5.41, 5.74) is 3.31. The van der Waals surface area contributed by atoms with Crippen LogP contribution in [0.3, 0.4) is 0 Å². The van der Waals surface area contributed by atoms with Crippen molar-refractivity contribution in [3.8, 4) is 10.4 Å². The van der Waals surface area contributed by atoms with Gasteiger partial charge in [-0.1, -0.05) is 54.6 Å². The van der Waals surface area contributed by atoms with Crippen LogP contribution in [0, 0.1) is 0 Å². The van der Waals surface area contributed by atoms with Crippen LogP contribution < -0.4 is 0 Å². The SMILES string of the molecule is CN1C(=O)CC(c2ccc(CO)cc2)[C@@H]1Cc1ccc(-c2ccccc2)s1. The predicted octanol–water partition coefficient (Wildman–Crippen LogP) is 4.46. The summed E-state index contributed by atoms with van der Waals surface area (Å²) in [6.45, 7) is 0.0463. The Hall–Kier alpha value is -2.43. The highest BCUT2D eigenvalue weighted by Gasteiger charge is 2.38. The second-order valence-electron chi connectivity index (χ2n) is 7.12. The molecule has 1 aliphatic heterocycles. The molecule has 138 valence electrons. The normalized spacial score (nSPS) is 19.6. The van der Waals surface area contributed by atoms with E-state index in [1.807, 2.05) is 41.5 Å². The second kappa shape index (κ2) is 7.67. The number of carbonyl (C=O) groups excluding carboxylic acids is 1. The van der Waals surface area contributed by atoms with Crippen LogP contribution in [0.5, 0.6) is 0 Å². The van der Waals surface area contributed by atoms with Gasteiger partial charge in [-0.2, -0.15) is 0 Å². The van der Waals surface area contributed by atoms with E-state index in [1.54, 1.807) is 0 Å². The average Bonchev–Trinajstić information content (AvgIpc) is 3.29. The largest absolute Gasteiger partial charge is 0.392 e. The van der Waals surface area contributed by atoms with Gasteiger partial charge >= 0.3 is 0 Å². The Balaban J connectivity index is 1.57. The molecule has 3 nitrogen and oxygen atoms in total. The van der Waals surface area contributed by atoms with Gasteiger partial charge in [0.25, 0.3) is 0 Å². The van der Waals surface area contributed by atoms with E-state index in [9.17, 15) is 9.90 Å². The van der Waals surface area contributed by atoms with Gasteiger partial charge in [-0.15, -0.1) is 11.3 Å². The second-order valence-corrected chi connectivity index (χ2v) is 8.29. The number of likely N-dealkylation sites (tertiary alicyclic amines) is 1. The molecule has 0 saturated carbocycles. The Labute approximate surface area is 163 Å². The summed E-state index contributed by atoms with van der Waals surface area (Å²) >= 11 is 1.81. The molecule has 27 heavy (non-hydrogen) atoms. The number of carbonyl (C=O) groups is 1. The summed E-state index contributed by atoms with van der Waals surface area (Å²) < 4.78 is 0. The van der Waals surface area contributed by atoms with Gasteiger partial charge in [0, 0.05) is 41.6 Å². The molecule has 2 aromatic carbocycles.